The molecule has 1 heterocycles. The Hall–Kier alpha value is -3.00. The number of nitrogens with one attached hydrogen (secondary N) is 1. The van der Waals surface area contributed by atoms with Crippen molar-refractivity contribution < 1.29 is 18.5 Å². The van der Waals surface area contributed by atoms with E-state index in [0.717, 1.165) is 23.4 Å². The third-order valence-electron chi connectivity index (χ3n) is 5.45. The monoisotopic (exact) mass is 419 g/mol. The lowest BCUT2D eigenvalue weighted by Gasteiger charge is -2.31. The van der Waals surface area contributed by atoms with Crippen molar-refractivity contribution in [2.24, 2.45) is 0 Å². The third-order valence-corrected chi connectivity index (χ3v) is 5.76. The van der Waals surface area contributed by atoms with E-state index >= 15 is 0 Å². The van der Waals surface area contributed by atoms with E-state index in [9.17, 15) is 23.7 Å². The SMILES string of the molecule is CN(C(=O)c1ccc([N+](=O)[O-])cc1Cl)C1CCc2[nH]c3c(F)cc(F)cc3c2C1. The minimum Gasteiger partial charge on any atom is -0.356 e. The van der Waals surface area contributed by atoms with E-state index in [1.165, 1.54) is 23.1 Å². The van der Waals surface area contributed by atoms with E-state index in [2.05, 4.69) is 4.98 Å². The Morgan fingerprint density at radius 3 is 2.76 bits per heavy atom. The number of hydrogen-bond donors (Lipinski definition) is 1. The molecular weight excluding hydrogens is 404 g/mol. The minimum absolute atomic E-state index is 0.00350. The zero-order chi connectivity index (χ0) is 20.9. The van der Waals surface area contributed by atoms with Crippen molar-refractivity contribution in [1.82, 2.24) is 9.88 Å². The van der Waals surface area contributed by atoms with Crippen LogP contribution < -0.4 is 0 Å². The molecule has 0 saturated carbocycles. The number of aryl methyl sites for hydroxylation is 1. The first kappa shape index (κ1) is 19.3. The van der Waals surface area contributed by atoms with Crippen molar-refractivity contribution in [3.63, 3.8) is 0 Å². The Morgan fingerprint density at radius 2 is 2.07 bits per heavy atom. The maximum atomic E-state index is 14.1. The van der Waals surface area contributed by atoms with E-state index in [0.29, 0.717) is 24.6 Å². The van der Waals surface area contributed by atoms with Crippen LogP contribution in [0.5, 0.6) is 0 Å². The van der Waals surface area contributed by atoms with Gasteiger partial charge in [0.25, 0.3) is 11.6 Å². The average Bonchev–Trinajstić information content (AvgIpc) is 3.05. The van der Waals surface area contributed by atoms with Crippen LogP contribution >= 0.6 is 11.6 Å². The Bertz CT molecular complexity index is 1160. The van der Waals surface area contributed by atoms with Crippen LogP contribution in [-0.4, -0.2) is 33.8 Å². The van der Waals surface area contributed by atoms with Crippen molar-refractivity contribution in [3.8, 4) is 0 Å². The molecule has 9 heteroatoms. The van der Waals surface area contributed by atoms with Gasteiger partial charge in [0.2, 0.25) is 0 Å². The third kappa shape index (κ3) is 3.33. The van der Waals surface area contributed by atoms with Gasteiger partial charge in [-0.15, -0.1) is 0 Å². The number of benzene rings is 2. The topological polar surface area (TPSA) is 79.2 Å². The highest BCUT2D eigenvalue weighted by atomic mass is 35.5. The predicted molar refractivity (Wildman–Crippen MR) is 104 cm³/mol. The fraction of sp³-hybridized carbons (Fsp3) is 0.250. The summed E-state index contributed by atoms with van der Waals surface area (Å²) >= 11 is 6.09. The summed E-state index contributed by atoms with van der Waals surface area (Å²) in [4.78, 5) is 27.7. The molecular formula is C20H16ClF2N3O3. The lowest BCUT2D eigenvalue weighted by Crippen LogP contribution is -2.40. The molecule has 1 unspecified atom stereocenters. The summed E-state index contributed by atoms with van der Waals surface area (Å²) in [5.41, 5.74) is 1.88. The van der Waals surface area contributed by atoms with Gasteiger partial charge in [0.15, 0.2) is 0 Å². The van der Waals surface area contributed by atoms with E-state index in [4.69, 9.17) is 11.6 Å². The zero-order valence-electron chi connectivity index (χ0n) is 15.3. The first-order chi connectivity index (χ1) is 13.8. The number of nitro benzene ring substituents is 1. The fourth-order valence-corrected chi connectivity index (χ4v) is 4.16. The quantitative estimate of drug-likeness (QED) is 0.496. The van der Waals surface area contributed by atoms with Crippen molar-refractivity contribution in [3.05, 3.63) is 73.9 Å². The molecule has 4 rings (SSSR count). The summed E-state index contributed by atoms with van der Waals surface area (Å²) in [6.45, 7) is 0. The maximum Gasteiger partial charge on any atom is 0.270 e. The smallest absolute Gasteiger partial charge is 0.270 e. The lowest BCUT2D eigenvalue weighted by molar-refractivity contribution is -0.384. The number of amides is 1. The van der Waals surface area contributed by atoms with Crippen LogP contribution in [0.2, 0.25) is 5.02 Å². The Labute approximate surface area is 169 Å². The second kappa shape index (κ2) is 7.11. The van der Waals surface area contributed by atoms with E-state index < -0.39 is 16.6 Å². The van der Waals surface area contributed by atoms with E-state index in [-0.39, 0.29) is 33.7 Å². The maximum absolute atomic E-state index is 14.1. The molecule has 1 amide bonds. The fourth-order valence-electron chi connectivity index (χ4n) is 3.90. The van der Waals surface area contributed by atoms with Crippen LogP contribution in [-0.2, 0) is 12.8 Å². The number of nitro groups is 1. The van der Waals surface area contributed by atoms with Gasteiger partial charge in [-0.2, -0.15) is 0 Å². The zero-order valence-corrected chi connectivity index (χ0v) is 16.1. The molecule has 0 saturated heterocycles. The highest BCUT2D eigenvalue weighted by Gasteiger charge is 2.30. The van der Waals surface area contributed by atoms with Gasteiger partial charge in [0, 0.05) is 42.4 Å². The molecule has 1 aliphatic rings. The number of aromatic nitrogens is 1. The minimum atomic E-state index is -0.652. The van der Waals surface area contributed by atoms with Gasteiger partial charge in [-0.05, 0) is 37.0 Å². The molecule has 1 atom stereocenters. The van der Waals surface area contributed by atoms with Gasteiger partial charge in [0.05, 0.1) is 21.0 Å². The summed E-state index contributed by atoms with van der Waals surface area (Å²) in [6.07, 6.45) is 1.66. The highest BCUT2D eigenvalue weighted by molar-refractivity contribution is 6.34. The molecule has 0 spiro atoms. The largest absolute Gasteiger partial charge is 0.356 e. The van der Waals surface area contributed by atoms with Crippen LogP contribution in [0.4, 0.5) is 14.5 Å². The average molecular weight is 420 g/mol. The van der Waals surface area contributed by atoms with Crippen LogP contribution in [0.3, 0.4) is 0 Å². The van der Waals surface area contributed by atoms with Crippen LogP contribution in [0.25, 0.3) is 10.9 Å². The number of H-pyrrole nitrogens is 1. The molecule has 29 heavy (non-hydrogen) atoms. The van der Waals surface area contributed by atoms with Crippen molar-refractivity contribution in [2.45, 2.75) is 25.3 Å². The number of halogens is 3. The van der Waals surface area contributed by atoms with Gasteiger partial charge in [0.1, 0.15) is 11.6 Å². The van der Waals surface area contributed by atoms with Gasteiger partial charge >= 0.3 is 0 Å². The number of likely N-dealkylation sites (N-methyl/N-ethyl adjacent to an activating group) is 1. The molecule has 1 N–H and O–H groups in total. The number of rotatable bonds is 3. The molecule has 0 fully saturated rings. The highest BCUT2D eigenvalue weighted by Crippen LogP contribution is 2.33. The van der Waals surface area contributed by atoms with Gasteiger partial charge < -0.3 is 9.88 Å². The van der Waals surface area contributed by atoms with Crippen LogP contribution in [0.1, 0.15) is 28.0 Å². The number of carbonyl (C=O) groups excluding carboxylic acids is 1. The summed E-state index contributed by atoms with van der Waals surface area (Å²) in [7, 11) is 1.63. The Balaban J connectivity index is 1.62. The van der Waals surface area contributed by atoms with Gasteiger partial charge in [-0.25, -0.2) is 8.78 Å². The number of aromatic amines is 1. The van der Waals surface area contributed by atoms with Crippen molar-refractivity contribution in [2.75, 3.05) is 7.05 Å². The molecule has 150 valence electrons. The number of fused-ring (bicyclic) bond motifs is 3. The molecule has 0 bridgehead atoms. The van der Waals surface area contributed by atoms with Crippen molar-refractivity contribution in [1.29, 1.82) is 0 Å². The van der Waals surface area contributed by atoms with Gasteiger partial charge in [-0.3, -0.25) is 14.9 Å². The second-order valence-corrected chi connectivity index (χ2v) is 7.53. The Morgan fingerprint density at radius 1 is 1.31 bits per heavy atom. The number of nitrogens with zero attached hydrogens (tertiary/aromatic N) is 2. The number of carbonyl (C=O) groups is 1. The summed E-state index contributed by atoms with van der Waals surface area (Å²) in [5, 5.41) is 11.3. The Kier molecular flexibility index (Phi) is 4.74. The number of hydrogen-bond acceptors (Lipinski definition) is 3. The summed E-state index contributed by atoms with van der Waals surface area (Å²) < 4.78 is 27.8. The second-order valence-electron chi connectivity index (χ2n) is 7.13. The van der Waals surface area contributed by atoms with Crippen LogP contribution in [0.15, 0.2) is 30.3 Å². The normalized spacial score (nSPS) is 15.9. The molecule has 1 aromatic heterocycles. The van der Waals surface area contributed by atoms with Crippen molar-refractivity contribution >= 4 is 34.1 Å². The van der Waals surface area contributed by atoms with E-state index in [1.54, 1.807) is 7.05 Å². The molecule has 3 aromatic rings. The van der Waals surface area contributed by atoms with E-state index in [1.807, 2.05) is 0 Å². The first-order valence-electron chi connectivity index (χ1n) is 8.96. The predicted octanol–water partition coefficient (Wildman–Crippen LogP) is 4.64. The lowest BCUT2D eigenvalue weighted by atomic mass is 9.90. The number of non-ortho nitro benzene ring substituents is 1. The molecule has 0 aliphatic heterocycles. The molecule has 2 aromatic carbocycles. The molecule has 6 nitrogen and oxygen atoms in total. The first-order valence-corrected chi connectivity index (χ1v) is 9.33. The summed E-state index contributed by atoms with van der Waals surface area (Å²) in [5.74, 6) is -1.66. The van der Waals surface area contributed by atoms with Crippen LogP contribution in [0, 0.1) is 21.7 Å². The standard InChI is InChI=1S/C20H16ClF2N3O3/c1-25(20(27)13-4-2-12(26(28)29)9-16(13)21)11-3-5-18-14(8-11)15-6-10(22)7-17(23)19(15)24-18/h2,4,6-7,9,11,24H,3,5,8H2,1H3. The molecule has 1 aliphatic carbocycles. The molecule has 0 radical (unpaired) electrons. The van der Waals surface area contributed by atoms with Gasteiger partial charge in [-0.1, -0.05) is 11.6 Å². The summed E-state index contributed by atoms with van der Waals surface area (Å²) in [6, 6.07) is 5.65.